The summed E-state index contributed by atoms with van der Waals surface area (Å²) in [6.45, 7) is 25.4. The van der Waals surface area contributed by atoms with Crippen molar-refractivity contribution in [1.82, 2.24) is 81.3 Å². The highest BCUT2D eigenvalue weighted by Crippen LogP contribution is 2.35. The van der Waals surface area contributed by atoms with Gasteiger partial charge in [-0.05, 0) is 153 Å². The van der Waals surface area contributed by atoms with Crippen LogP contribution in [0.5, 0.6) is 0 Å². The van der Waals surface area contributed by atoms with Crippen LogP contribution in [0.2, 0.25) is 0 Å². The largest absolute Gasteiger partial charge is 0.480 e. The van der Waals surface area contributed by atoms with Gasteiger partial charge in [0.2, 0.25) is 5.91 Å². The molecule has 0 bridgehead atoms. The molecule has 17 heterocycles. The smallest absolute Gasteiger partial charge is 0.343 e. The topological polar surface area (TPSA) is 617 Å². The Balaban J connectivity index is 0.000000149. The Morgan fingerprint density at radius 1 is 0.418 bits per heavy atom. The van der Waals surface area contributed by atoms with E-state index in [0.717, 1.165) is 118 Å². The van der Waals surface area contributed by atoms with Crippen molar-refractivity contribution in [2.45, 2.75) is 217 Å². The van der Waals surface area contributed by atoms with Gasteiger partial charge in [-0.1, -0.05) is 0 Å². The third-order valence-electron chi connectivity index (χ3n) is 22.2. The highest BCUT2D eigenvalue weighted by Gasteiger charge is 2.42. The molecule has 0 saturated carbocycles. The van der Waals surface area contributed by atoms with E-state index < -0.39 is 146 Å². The number of fused-ring (bicyclic) bond motifs is 17. The van der Waals surface area contributed by atoms with Crippen LogP contribution in [0.15, 0.2) is 85.3 Å². The zero-order valence-electron chi connectivity index (χ0n) is 79.9. The molecule has 0 unspecified atom stereocenters. The summed E-state index contributed by atoms with van der Waals surface area (Å²) in [5.41, 5.74) is 13.7. The highest BCUT2D eigenvalue weighted by molar-refractivity contribution is 6.08. The Labute approximate surface area is 797 Å². The second-order valence-corrected chi connectivity index (χ2v) is 36.1. The molecule has 48 heteroatoms. The molecule has 0 aliphatic carbocycles. The molecule has 0 radical (unpaired) electrons. The number of hydrogen-bond donors (Lipinski definition) is 4. The molecule has 4 aliphatic rings. The highest BCUT2D eigenvalue weighted by atomic mass is 19.1. The number of aliphatic carboxylic acids is 1. The van der Waals surface area contributed by atoms with Crippen LogP contribution in [0.1, 0.15) is 192 Å². The number of halogens is 1. The zero-order chi connectivity index (χ0) is 103. The van der Waals surface area contributed by atoms with Gasteiger partial charge in [0.05, 0.1) is 104 Å². The van der Waals surface area contributed by atoms with Gasteiger partial charge in [0, 0.05) is 65.8 Å². The van der Waals surface area contributed by atoms with Crippen molar-refractivity contribution in [3.63, 3.8) is 0 Å². The van der Waals surface area contributed by atoms with Crippen molar-refractivity contribution in [2.24, 2.45) is 0 Å². The lowest BCUT2D eigenvalue weighted by Crippen LogP contribution is -2.60. The number of nitro groups is 1. The predicted octanol–water partition coefficient (Wildman–Crippen LogP) is 7.09. The van der Waals surface area contributed by atoms with Crippen LogP contribution in [-0.4, -0.2) is 220 Å². The lowest BCUT2D eigenvalue weighted by molar-refractivity contribution is -0.384. The number of nitrogen functional groups attached to an aromatic ring is 3. The van der Waals surface area contributed by atoms with Gasteiger partial charge in [-0.2, -0.15) is 0 Å². The van der Waals surface area contributed by atoms with Crippen LogP contribution in [0.4, 0.5) is 27.1 Å². The van der Waals surface area contributed by atoms with Gasteiger partial charge >= 0.3 is 59.4 Å². The van der Waals surface area contributed by atoms with Gasteiger partial charge in [0.1, 0.15) is 157 Å². The molecule has 0 spiro atoms. The molecule has 13 aromatic rings. The maximum Gasteiger partial charge on any atom is 0.343 e. The normalized spacial score (nSPS) is 13.4. The molecule has 1 saturated heterocycles. The minimum absolute atomic E-state index is 0.00501. The predicted molar refractivity (Wildman–Crippen MR) is 506 cm³/mol. The maximum atomic E-state index is 13.8. The van der Waals surface area contributed by atoms with Crippen molar-refractivity contribution in [1.29, 1.82) is 0 Å². The van der Waals surface area contributed by atoms with E-state index in [4.69, 9.17) is 70.2 Å². The molecule has 7 N–H and O–H groups in total. The van der Waals surface area contributed by atoms with E-state index in [-0.39, 0.29) is 138 Å². The standard InChI is InChI=1S/C21H22FN5O4.C21H24N4O5.C17H20N4O7.C17H16N4O5.C17H22N4O5/c1-3-31-20(30)13-7-12-17-14(26-6-4-5-15(26)24-17)8-23-18(12)27(19(13)29)9-16(28)25-10-21(2,22)11-25;1-5-29-20(28)13-9-12-17-14(24-8-6-7-15(24)23-17)10-22-18(12)25(19(13)27)11-16(26)30-21(2,3)4;1-5-27-16(24)10-6-9-13(18)11(21(25)26)7-19-14(9)20(15(10)23)8-12(22)28-17(2,3)4;1-2-26-17(25)10-6-9-14-11(20-5-3-4-12(20)19-14)7-18-15(9)21(16(10)24)8-13(22)23;1-5-25-16(24)10-6-9-13(19)11(18)7-20-14(9)21(15(10)23)8-12(22)26-17(2,3)4/h7-8H,3-6,9-11H2,1-2H3;9-10H,5-8,11H2,1-4H3;6-7H,5,8H2,1-4H3,(H2,18,19);6-7H,2-5,8H2,1H3,(H,22,23);6-7H,5,8,18H2,1-4H3,(H2,19,20). The number of pyridine rings is 10. The van der Waals surface area contributed by atoms with Crippen molar-refractivity contribution >= 4 is 171 Å². The molecule has 4 aliphatic heterocycles. The molecule has 0 aromatic carbocycles. The fraction of sp³-hybridized carbons (Fsp3) is 0.430. The lowest BCUT2D eigenvalue weighted by Gasteiger charge is -2.42. The van der Waals surface area contributed by atoms with Crippen LogP contribution in [-0.2, 0) is 133 Å². The third kappa shape index (κ3) is 21.7. The van der Waals surface area contributed by atoms with Crippen LogP contribution in [0, 0.1) is 10.1 Å². The minimum atomic E-state index is -1.42. The average molecular weight is 1950 g/mol. The number of carboxylic acid groups (broad SMARTS) is 1. The Morgan fingerprint density at radius 2 is 0.688 bits per heavy atom. The molecule has 1 amide bonds. The van der Waals surface area contributed by atoms with E-state index in [1.165, 1.54) is 51.4 Å². The molecule has 1 fully saturated rings. The quantitative estimate of drug-likeness (QED) is 0.0241. The molecule has 47 nitrogen and oxygen atoms in total. The Morgan fingerprint density at radius 3 is 0.972 bits per heavy atom. The number of likely N-dealkylation sites (tertiary alicyclic amines) is 1. The van der Waals surface area contributed by atoms with Crippen molar-refractivity contribution < 1.29 is 100 Å². The van der Waals surface area contributed by atoms with E-state index in [9.17, 15) is 86.4 Å². The first-order valence-electron chi connectivity index (χ1n) is 45.0. The number of rotatable bonds is 21. The summed E-state index contributed by atoms with van der Waals surface area (Å²) in [6, 6.07) is 6.69. The van der Waals surface area contributed by atoms with Crippen LogP contribution in [0.3, 0.4) is 0 Å². The SMILES string of the molecule is CCOC(=O)c1cc2c(N)c(N)cnc2n(CC(=O)OC(C)(C)C)c1=O.CCOC(=O)c1cc2c(N)c([N+](=O)[O-])cnc2n(CC(=O)OC(C)(C)C)c1=O.CCOC(=O)c1cc2c3nc4n(c3cnc2n(CC(=O)N2CC(C)(F)C2)c1=O)CCC4.CCOC(=O)c1cc2c3nc4n(c3cnc2n(CC(=O)O)c1=O)CCC4.CCOC(=O)c1cc2c3nc4n(c3cnc2n(CC(=O)OC(C)(C)C)c1=O)CCC4. The summed E-state index contributed by atoms with van der Waals surface area (Å²) in [6.07, 6.45) is 12.6. The first-order chi connectivity index (χ1) is 66.5. The van der Waals surface area contributed by atoms with Gasteiger partial charge in [0.25, 0.3) is 27.8 Å². The molecule has 13 aromatic heterocycles. The van der Waals surface area contributed by atoms with Gasteiger partial charge in [-0.25, -0.2) is 68.2 Å². The number of alkyl halides is 1. The summed E-state index contributed by atoms with van der Waals surface area (Å²) in [5, 5.41) is 22.0. The monoisotopic (exact) mass is 1950 g/mol. The molecule has 0 atom stereocenters. The lowest BCUT2D eigenvalue weighted by atomic mass is 9.99. The molecule has 141 heavy (non-hydrogen) atoms. The summed E-state index contributed by atoms with van der Waals surface area (Å²) in [7, 11) is 0. The summed E-state index contributed by atoms with van der Waals surface area (Å²) >= 11 is 0. The second-order valence-electron chi connectivity index (χ2n) is 36.1. The summed E-state index contributed by atoms with van der Waals surface area (Å²) < 4.78 is 65.9. The number of nitrogens with zero attached hydrogens (tertiary/aromatic N) is 18. The number of hydrogen-bond acceptors (Lipinski definition) is 36. The Hall–Kier alpha value is -16.4. The first kappa shape index (κ1) is 102. The fourth-order valence-corrected chi connectivity index (χ4v) is 16.4. The number of nitrogens with two attached hydrogens (primary N) is 3. The van der Waals surface area contributed by atoms with Crippen molar-refractivity contribution in [3.8, 4) is 0 Å². The number of amides is 1. The van der Waals surface area contributed by atoms with E-state index >= 15 is 0 Å². The molecule has 744 valence electrons. The number of esters is 8. The van der Waals surface area contributed by atoms with Gasteiger partial charge in [0.15, 0.2) is 0 Å². The summed E-state index contributed by atoms with van der Waals surface area (Å²) in [5.74, 6) is -4.89. The van der Waals surface area contributed by atoms with E-state index in [1.54, 1.807) is 116 Å². The molecular weight excluding hydrogens is 1850 g/mol. The van der Waals surface area contributed by atoms with Crippen molar-refractivity contribution in [2.75, 3.05) is 63.3 Å². The number of anilines is 3. The maximum absolute atomic E-state index is 13.8. The zero-order valence-corrected chi connectivity index (χ0v) is 79.9. The van der Waals surface area contributed by atoms with Gasteiger partial charge < -0.3 is 78.8 Å². The molecular formula is C93H104FN21O26. The fourth-order valence-electron chi connectivity index (χ4n) is 16.4. The van der Waals surface area contributed by atoms with Gasteiger partial charge in [-0.3, -0.25) is 80.9 Å². The number of carboxylic acids is 1. The van der Waals surface area contributed by atoms with Crippen LogP contribution in [0.25, 0.3) is 88.3 Å². The van der Waals surface area contributed by atoms with E-state index in [0.29, 0.717) is 32.7 Å². The minimum Gasteiger partial charge on any atom is -0.480 e. The first-order valence-corrected chi connectivity index (χ1v) is 45.0. The van der Waals surface area contributed by atoms with Crippen LogP contribution < -0.4 is 45.0 Å². The number of carbonyl (C=O) groups excluding carboxylic acids is 9. The second kappa shape index (κ2) is 40.7. The number of aryl methyl sites for hydroxylation is 6. The van der Waals surface area contributed by atoms with E-state index in [1.807, 2.05) is 0 Å². The number of aromatic nitrogens is 16. The number of ether oxygens (including phenoxy) is 8. The number of carbonyl (C=O) groups is 10. The Kier molecular flexibility index (Phi) is 29.5. The Bertz CT molecular complexity index is 7680. The van der Waals surface area contributed by atoms with E-state index in [2.05, 4.69) is 43.6 Å². The van der Waals surface area contributed by atoms with Gasteiger partial charge in [-0.15, -0.1) is 0 Å². The molecule has 17 rings (SSSR count). The number of imidazole rings is 3. The van der Waals surface area contributed by atoms with Crippen LogP contribution >= 0.6 is 0 Å². The average Bonchev–Trinajstić information content (AvgIpc) is 1.56. The van der Waals surface area contributed by atoms with Crippen molar-refractivity contribution in [3.05, 3.63) is 168 Å². The third-order valence-corrected chi connectivity index (χ3v) is 22.2. The summed E-state index contributed by atoms with van der Waals surface area (Å²) in [4.78, 5) is 234.